The van der Waals surface area contributed by atoms with Gasteiger partial charge in [-0.05, 0) is 48.4 Å². The number of rotatable bonds is 7. The number of carbonyl (C=O) groups is 1. The number of benzene rings is 2. The molecule has 0 saturated heterocycles. The summed E-state index contributed by atoms with van der Waals surface area (Å²) in [6.07, 6.45) is 0.545. The van der Waals surface area contributed by atoms with Crippen molar-refractivity contribution < 1.29 is 23.4 Å². The Kier molecular flexibility index (Phi) is 6.01. The fourth-order valence-electron chi connectivity index (χ4n) is 2.34. The normalized spacial score (nSPS) is 10.2. The number of hydrogen-bond donors (Lipinski definition) is 1. The Balaban J connectivity index is 2.04. The molecule has 0 radical (unpaired) electrons. The fourth-order valence-corrected chi connectivity index (χ4v) is 2.34. The smallest absolute Gasteiger partial charge is 0.255 e. The zero-order chi connectivity index (χ0) is 17.5. The summed E-state index contributed by atoms with van der Waals surface area (Å²) in [5.74, 6) is 0.869. The molecule has 2 aromatic rings. The van der Waals surface area contributed by atoms with Crippen LogP contribution in [0.4, 0.5) is 4.39 Å². The molecule has 0 aromatic heterocycles. The summed E-state index contributed by atoms with van der Waals surface area (Å²) in [5.41, 5.74) is 1.07. The van der Waals surface area contributed by atoms with E-state index in [1.807, 2.05) is 12.1 Å². The van der Waals surface area contributed by atoms with Crippen LogP contribution in [0.5, 0.6) is 17.2 Å². The quantitative estimate of drug-likeness (QED) is 0.846. The van der Waals surface area contributed by atoms with Crippen molar-refractivity contribution in [3.8, 4) is 17.2 Å². The zero-order valence-electron chi connectivity index (χ0n) is 13.9. The molecule has 2 aromatic carbocycles. The van der Waals surface area contributed by atoms with E-state index in [9.17, 15) is 9.18 Å². The van der Waals surface area contributed by atoms with Crippen LogP contribution in [0.3, 0.4) is 0 Å². The third kappa shape index (κ3) is 4.16. The minimum absolute atomic E-state index is 0.162. The van der Waals surface area contributed by atoms with E-state index >= 15 is 0 Å². The Morgan fingerprint density at radius 3 is 2.38 bits per heavy atom. The third-order valence-electron chi connectivity index (χ3n) is 3.57. The average Bonchev–Trinajstić information content (AvgIpc) is 2.61. The van der Waals surface area contributed by atoms with Crippen molar-refractivity contribution in [2.45, 2.75) is 6.42 Å². The average molecular weight is 333 g/mol. The van der Waals surface area contributed by atoms with Crippen LogP contribution in [-0.2, 0) is 6.42 Å². The van der Waals surface area contributed by atoms with Crippen molar-refractivity contribution in [1.29, 1.82) is 0 Å². The molecule has 2 rings (SSSR count). The number of amides is 1. The van der Waals surface area contributed by atoms with Gasteiger partial charge in [-0.15, -0.1) is 0 Å². The van der Waals surface area contributed by atoms with Gasteiger partial charge < -0.3 is 19.5 Å². The highest BCUT2D eigenvalue weighted by Gasteiger charge is 2.13. The number of nitrogens with one attached hydrogen (secondary N) is 1. The molecule has 6 heteroatoms. The molecular weight excluding hydrogens is 313 g/mol. The van der Waals surface area contributed by atoms with Gasteiger partial charge in [-0.25, -0.2) is 4.39 Å². The Morgan fingerprint density at radius 2 is 1.71 bits per heavy atom. The minimum atomic E-state index is -0.490. The van der Waals surface area contributed by atoms with E-state index in [0.29, 0.717) is 30.2 Å². The number of ether oxygens (including phenoxy) is 3. The first-order valence-corrected chi connectivity index (χ1v) is 7.41. The van der Waals surface area contributed by atoms with Crippen molar-refractivity contribution in [2.24, 2.45) is 0 Å². The molecule has 0 aliphatic rings. The van der Waals surface area contributed by atoms with Gasteiger partial charge in [0.25, 0.3) is 5.91 Å². The standard InChI is InChI=1S/C18H20FNO4/c1-22-14-5-7-16(23-2)12(10-14)8-9-20-18(21)15-11-13(19)4-6-17(15)24-3/h4-7,10-11H,8-9H2,1-3H3,(H,20,21). The number of methoxy groups -OCH3 is 3. The van der Waals surface area contributed by atoms with Crippen LogP contribution in [0, 0.1) is 5.82 Å². The van der Waals surface area contributed by atoms with Gasteiger partial charge in [-0.2, -0.15) is 0 Å². The SMILES string of the molecule is COc1ccc(OC)c(CCNC(=O)c2cc(F)ccc2OC)c1. The van der Waals surface area contributed by atoms with Gasteiger partial charge in [0.2, 0.25) is 0 Å². The monoisotopic (exact) mass is 333 g/mol. The maximum atomic E-state index is 13.3. The molecule has 5 nitrogen and oxygen atoms in total. The Hall–Kier alpha value is -2.76. The van der Waals surface area contributed by atoms with Crippen LogP contribution in [0.25, 0.3) is 0 Å². The maximum absolute atomic E-state index is 13.3. The lowest BCUT2D eigenvalue weighted by Crippen LogP contribution is -2.26. The van der Waals surface area contributed by atoms with Gasteiger partial charge in [0.05, 0.1) is 26.9 Å². The summed E-state index contributed by atoms with van der Waals surface area (Å²) in [6.45, 7) is 0.363. The Morgan fingerprint density at radius 1 is 1.00 bits per heavy atom. The van der Waals surface area contributed by atoms with Crippen molar-refractivity contribution in [3.05, 3.63) is 53.3 Å². The topological polar surface area (TPSA) is 56.8 Å². The highest BCUT2D eigenvalue weighted by molar-refractivity contribution is 5.96. The molecule has 128 valence electrons. The Labute approximate surface area is 140 Å². The van der Waals surface area contributed by atoms with E-state index in [1.165, 1.54) is 19.2 Å². The van der Waals surface area contributed by atoms with Crippen LogP contribution in [0.2, 0.25) is 0 Å². The van der Waals surface area contributed by atoms with Crippen LogP contribution < -0.4 is 19.5 Å². The predicted molar refractivity (Wildman–Crippen MR) is 88.5 cm³/mol. The summed E-state index contributed by atoms with van der Waals surface area (Å²) < 4.78 is 28.9. The van der Waals surface area contributed by atoms with E-state index in [-0.39, 0.29) is 5.56 Å². The molecule has 0 atom stereocenters. The van der Waals surface area contributed by atoms with Gasteiger partial charge in [0.15, 0.2) is 0 Å². The van der Waals surface area contributed by atoms with Gasteiger partial charge >= 0.3 is 0 Å². The van der Waals surface area contributed by atoms with E-state index in [4.69, 9.17) is 14.2 Å². The molecular formula is C18H20FNO4. The molecule has 0 unspecified atom stereocenters. The fraction of sp³-hybridized carbons (Fsp3) is 0.278. The van der Waals surface area contributed by atoms with Gasteiger partial charge in [-0.3, -0.25) is 4.79 Å². The molecule has 0 heterocycles. The molecule has 24 heavy (non-hydrogen) atoms. The zero-order valence-corrected chi connectivity index (χ0v) is 13.9. The van der Waals surface area contributed by atoms with E-state index in [0.717, 1.165) is 11.6 Å². The molecule has 0 bridgehead atoms. The van der Waals surface area contributed by atoms with Crippen LogP contribution in [-0.4, -0.2) is 33.8 Å². The minimum Gasteiger partial charge on any atom is -0.497 e. The Bertz CT molecular complexity index is 718. The molecule has 0 spiro atoms. The van der Waals surface area contributed by atoms with E-state index in [2.05, 4.69) is 5.32 Å². The molecule has 1 N–H and O–H groups in total. The lowest BCUT2D eigenvalue weighted by Gasteiger charge is -2.12. The summed E-state index contributed by atoms with van der Waals surface area (Å²) >= 11 is 0. The lowest BCUT2D eigenvalue weighted by atomic mass is 10.1. The van der Waals surface area contributed by atoms with Gasteiger partial charge in [0.1, 0.15) is 23.1 Å². The van der Waals surface area contributed by atoms with Crippen molar-refractivity contribution in [2.75, 3.05) is 27.9 Å². The number of halogens is 1. The second-order valence-corrected chi connectivity index (χ2v) is 5.03. The first-order chi connectivity index (χ1) is 11.6. The summed E-state index contributed by atoms with van der Waals surface area (Å²) in [4.78, 5) is 12.2. The summed E-state index contributed by atoms with van der Waals surface area (Å²) in [7, 11) is 4.61. The highest BCUT2D eigenvalue weighted by atomic mass is 19.1. The predicted octanol–water partition coefficient (Wildman–Crippen LogP) is 2.82. The van der Waals surface area contributed by atoms with Crippen molar-refractivity contribution in [3.63, 3.8) is 0 Å². The van der Waals surface area contributed by atoms with Gasteiger partial charge in [-0.1, -0.05) is 0 Å². The van der Waals surface area contributed by atoms with E-state index in [1.54, 1.807) is 20.3 Å². The molecule has 0 fully saturated rings. The molecule has 0 aliphatic carbocycles. The largest absolute Gasteiger partial charge is 0.497 e. The first-order valence-electron chi connectivity index (χ1n) is 7.41. The molecule has 0 aliphatic heterocycles. The molecule has 0 saturated carbocycles. The van der Waals surface area contributed by atoms with Crippen LogP contribution in [0.1, 0.15) is 15.9 Å². The second kappa shape index (κ2) is 8.19. The van der Waals surface area contributed by atoms with E-state index < -0.39 is 11.7 Å². The third-order valence-corrected chi connectivity index (χ3v) is 3.57. The lowest BCUT2D eigenvalue weighted by molar-refractivity contribution is 0.0950. The number of hydrogen-bond acceptors (Lipinski definition) is 4. The molecule has 1 amide bonds. The highest BCUT2D eigenvalue weighted by Crippen LogP contribution is 2.24. The summed E-state index contributed by atoms with van der Waals surface area (Å²) in [6, 6.07) is 9.30. The van der Waals surface area contributed by atoms with Crippen LogP contribution in [0.15, 0.2) is 36.4 Å². The second-order valence-electron chi connectivity index (χ2n) is 5.03. The van der Waals surface area contributed by atoms with Crippen LogP contribution >= 0.6 is 0 Å². The van der Waals surface area contributed by atoms with Crippen molar-refractivity contribution in [1.82, 2.24) is 5.32 Å². The van der Waals surface area contributed by atoms with Gasteiger partial charge in [0, 0.05) is 6.54 Å². The first kappa shape index (κ1) is 17.6. The number of carbonyl (C=O) groups excluding carboxylic acids is 1. The van der Waals surface area contributed by atoms with Crippen molar-refractivity contribution >= 4 is 5.91 Å². The summed E-state index contributed by atoms with van der Waals surface area (Å²) in [5, 5.41) is 2.76. The maximum Gasteiger partial charge on any atom is 0.255 e.